The van der Waals surface area contributed by atoms with Gasteiger partial charge < -0.3 is 0 Å². The first-order valence-electron chi connectivity index (χ1n) is 11.3. The Labute approximate surface area is 189 Å². The maximum absolute atomic E-state index is 5.11. The standard InChI is InChI=1S/C27H47N2P/c1-23(2,3)18-16-19(24(4,5)6)21(20(17-18)25(7,8)9)28-30-29-22(26(10,11)12)27(13,14)15/h16-17H,1-15H3. The molecule has 0 heterocycles. The third-order valence-electron chi connectivity index (χ3n) is 5.30. The van der Waals surface area contributed by atoms with Gasteiger partial charge in [0.1, 0.15) is 0 Å². The van der Waals surface area contributed by atoms with Crippen LogP contribution in [0.1, 0.15) is 121 Å². The second kappa shape index (κ2) is 8.50. The summed E-state index contributed by atoms with van der Waals surface area (Å²) in [6.07, 6.45) is 0. The Morgan fingerprint density at radius 3 is 1.23 bits per heavy atom. The highest BCUT2D eigenvalue weighted by Gasteiger charge is 2.31. The zero-order chi connectivity index (χ0) is 23.9. The Morgan fingerprint density at radius 2 is 0.967 bits per heavy atom. The van der Waals surface area contributed by atoms with Crippen molar-refractivity contribution in [1.82, 2.24) is 0 Å². The summed E-state index contributed by atoms with van der Waals surface area (Å²) < 4.78 is 10.1. The molecule has 0 aliphatic carbocycles. The first kappa shape index (κ1) is 27.0. The van der Waals surface area contributed by atoms with Gasteiger partial charge in [0.05, 0.1) is 5.69 Å². The summed E-state index contributed by atoms with van der Waals surface area (Å²) in [7, 11) is 0.770. The smallest absolute Gasteiger partial charge is 0.154 e. The predicted octanol–water partition coefficient (Wildman–Crippen LogP) is 9.79. The van der Waals surface area contributed by atoms with Crippen molar-refractivity contribution in [2.45, 2.75) is 120 Å². The van der Waals surface area contributed by atoms with Crippen molar-refractivity contribution in [3.63, 3.8) is 0 Å². The van der Waals surface area contributed by atoms with Crippen molar-refractivity contribution in [3.8, 4) is 0 Å². The lowest BCUT2D eigenvalue weighted by atomic mass is 9.74. The molecular formula is C27H47N2P. The molecule has 30 heavy (non-hydrogen) atoms. The topological polar surface area (TPSA) is 24.7 Å². The van der Waals surface area contributed by atoms with Crippen LogP contribution < -0.4 is 0 Å². The molecule has 0 N–H and O–H groups in total. The van der Waals surface area contributed by atoms with Crippen LogP contribution in [0.2, 0.25) is 0 Å². The van der Waals surface area contributed by atoms with E-state index in [0.29, 0.717) is 0 Å². The maximum Gasteiger partial charge on any atom is 0.154 e. The molecule has 0 unspecified atom stereocenters. The number of nitrogens with zero attached hydrogens (tertiary/aromatic N) is 2. The fraction of sp³-hybridized carbons (Fsp3) is 0.741. The van der Waals surface area contributed by atoms with Gasteiger partial charge >= 0.3 is 0 Å². The summed E-state index contributed by atoms with van der Waals surface area (Å²) in [5.41, 5.74) is 6.50. The number of hydrogen-bond acceptors (Lipinski definition) is 1. The van der Waals surface area contributed by atoms with Gasteiger partial charge in [-0.05, 0) is 32.9 Å². The predicted molar refractivity (Wildman–Crippen MR) is 138 cm³/mol. The molecule has 0 aliphatic heterocycles. The molecule has 0 amide bonds. The molecule has 0 bridgehead atoms. The molecule has 0 aromatic heterocycles. The average molecular weight is 431 g/mol. The molecule has 170 valence electrons. The van der Waals surface area contributed by atoms with Crippen LogP contribution in [0.25, 0.3) is 0 Å². The molecule has 0 fully saturated rings. The molecule has 1 aromatic carbocycles. The molecule has 0 saturated heterocycles. The lowest BCUT2D eigenvalue weighted by molar-refractivity contribution is 0.481. The lowest BCUT2D eigenvalue weighted by Crippen LogP contribution is -2.32. The van der Waals surface area contributed by atoms with Crippen molar-refractivity contribution in [2.24, 2.45) is 20.3 Å². The van der Waals surface area contributed by atoms with Gasteiger partial charge in [-0.25, -0.2) is 9.51 Å². The van der Waals surface area contributed by atoms with E-state index in [9.17, 15) is 0 Å². The van der Waals surface area contributed by atoms with Gasteiger partial charge in [-0.2, -0.15) is 0 Å². The average Bonchev–Trinajstić information content (AvgIpc) is 2.45. The van der Waals surface area contributed by atoms with Crippen LogP contribution in [0.4, 0.5) is 5.69 Å². The van der Waals surface area contributed by atoms with Crippen molar-refractivity contribution in [3.05, 3.63) is 28.8 Å². The van der Waals surface area contributed by atoms with E-state index in [0.717, 1.165) is 14.2 Å². The van der Waals surface area contributed by atoms with Gasteiger partial charge in [0.25, 0.3) is 0 Å². The molecule has 3 heteroatoms. The summed E-state index contributed by atoms with van der Waals surface area (Å²) >= 11 is 0. The Kier molecular flexibility index (Phi) is 7.65. The zero-order valence-electron chi connectivity index (χ0n) is 22.5. The highest BCUT2D eigenvalue weighted by molar-refractivity contribution is 7.25. The minimum Gasteiger partial charge on any atom is -0.217 e. The Balaban J connectivity index is 3.84. The van der Waals surface area contributed by atoms with E-state index in [2.05, 4.69) is 116 Å². The highest BCUT2D eigenvalue weighted by Crippen LogP contribution is 2.44. The number of hydrogen-bond donors (Lipinski definition) is 0. The fourth-order valence-electron chi connectivity index (χ4n) is 3.86. The Morgan fingerprint density at radius 1 is 0.600 bits per heavy atom. The molecular weight excluding hydrogens is 383 g/mol. The van der Waals surface area contributed by atoms with Crippen LogP contribution in [0.15, 0.2) is 21.6 Å². The van der Waals surface area contributed by atoms with Crippen molar-refractivity contribution in [1.29, 1.82) is 0 Å². The molecule has 0 saturated carbocycles. The van der Waals surface area contributed by atoms with E-state index in [-0.39, 0.29) is 27.1 Å². The molecule has 0 aliphatic rings. The third-order valence-corrected chi connectivity index (χ3v) is 5.88. The summed E-state index contributed by atoms with van der Waals surface area (Å²) in [6.45, 7) is 34.1. The van der Waals surface area contributed by atoms with Crippen LogP contribution in [0.3, 0.4) is 0 Å². The third kappa shape index (κ3) is 7.01. The van der Waals surface area contributed by atoms with E-state index in [1.807, 2.05) is 0 Å². The minimum atomic E-state index is 0.0101. The van der Waals surface area contributed by atoms with Gasteiger partial charge in [0, 0.05) is 16.5 Å². The van der Waals surface area contributed by atoms with Gasteiger partial charge in [-0.1, -0.05) is 116 Å². The van der Waals surface area contributed by atoms with Crippen molar-refractivity contribution in [2.75, 3.05) is 0 Å². The fourth-order valence-corrected chi connectivity index (χ4v) is 4.89. The van der Waals surface area contributed by atoms with E-state index < -0.39 is 0 Å². The number of rotatable bonds is 2. The number of benzene rings is 1. The van der Waals surface area contributed by atoms with Gasteiger partial charge in [-0.15, -0.1) is 0 Å². The zero-order valence-corrected chi connectivity index (χ0v) is 23.4. The summed E-state index contributed by atoms with van der Waals surface area (Å²) in [5.74, 6) is 0. The molecule has 0 spiro atoms. The van der Waals surface area contributed by atoms with Crippen LogP contribution in [0, 0.1) is 10.8 Å². The molecule has 0 radical (unpaired) electrons. The SMILES string of the molecule is CC(C)(C)C(=NP=Nc1c(C(C)(C)C)cc(C(C)(C)C)cc1C(C)(C)C)C(C)(C)C. The molecule has 2 nitrogen and oxygen atoms in total. The Bertz CT molecular complexity index is 758. The first-order chi connectivity index (χ1) is 13.1. The van der Waals surface area contributed by atoms with Crippen LogP contribution in [0.5, 0.6) is 0 Å². The van der Waals surface area contributed by atoms with Gasteiger partial charge in [0.15, 0.2) is 8.52 Å². The van der Waals surface area contributed by atoms with Gasteiger partial charge in [0.2, 0.25) is 0 Å². The minimum absolute atomic E-state index is 0.0101. The van der Waals surface area contributed by atoms with Crippen LogP contribution in [-0.2, 0) is 16.2 Å². The normalized spacial score (nSPS) is 14.4. The largest absolute Gasteiger partial charge is 0.217 e. The molecule has 1 aromatic rings. The summed E-state index contributed by atoms with van der Waals surface area (Å²) in [5, 5.41) is 0. The maximum atomic E-state index is 5.11. The quantitative estimate of drug-likeness (QED) is 0.329. The van der Waals surface area contributed by atoms with Crippen LogP contribution >= 0.6 is 8.52 Å². The molecule has 0 atom stereocenters. The van der Waals surface area contributed by atoms with Crippen molar-refractivity contribution >= 4 is 19.9 Å². The second-order valence-electron chi connectivity index (χ2n) is 13.8. The van der Waals surface area contributed by atoms with E-state index in [1.54, 1.807) is 0 Å². The summed E-state index contributed by atoms with van der Waals surface area (Å²) in [4.78, 5) is 0. The van der Waals surface area contributed by atoms with E-state index in [4.69, 9.17) is 9.51 Å². The van der Waals surface area contributed by atoms with Gasteiger partial charge in [-0.3, -0.25) is 0 Å². The van der Waals surface area contributed by atoms with Crippen molar-refractivity contribution < 1.29 is 0 Å². The van der Waals surface area contributed by atoms with E-state index in [1.165, 1.54) is 22.4 Å². The lowest BCUT2D eigenvalue weighted by Gasteiger charge is -2.32. The highest BCUT2D eigenvalue weighted by atomic mass is 31.1. The summed E-state index contributed by atoms with van der Waals surface area (Å²) in [6, 6.07) is 4.75. The second-order valence-corrected chi connectivity index (χ2v) is 14.4. The van der Waals surface area contributed by atoms with E-state index >= 15 is 0 Å². The molecule has 1 rings (SSSR count). The van der Waals surface area contributed by atoms with Crippen LogP contribution in [-0.4, -0.2) is 5.71 Å². The monoisotopic (exact) mass is 430 g/mol. The Hall–Kier alpha value is -1.01. The first-order valence-corrected chi connectivity index (χ1v) is 12.1.